The zero-order chi connectivity index (χ0) is 13.5. The standard InChI is InChI=1S/C12H15FN2O3/c1-8(3-2-4-11(16)17)15-12(18)10-6-5-9(13)7-14-10/h5-8H,2-4H2,1H3,(H,15,18)(H,16,17). The fourth-order valence-electron chi connectivity index (χ4n) is 1.44. The minimum Gasteiger partial charge on any atom is -0.481 e. The zero-order valence-corrected chi connectivity index (χ0v) is 10.0. The van der Waals surface area contributed by atoms with Gasteiger partial charge in [-0.25, -0.2) is 9.37 Å². The van der Waals surface area contributed by atoms with E-state index in [1.54, 1.807) is 6.92 Å². The van der Waals surface area contributed by atoms with Crippen LogP contribution in [0.5, 0.6) is 0 Å². The van der Waals surface area contributed by atoms with E-state index in [-0.39, 0.29) is 18.2 Å². The Morgan fingerprint density at radius 2 is 2.22 bits per heavy atom. The molecule has 1 heterocycles. The average Bonchev–Trinajstić information content (AvgIpc) is 2.29. The number of carboxylic acids is 1. The van der Waals surface area contributed by atoms with Crippen LogP contribution in [-0.2, 0) is 4.79 Å². The zero-order valence-electron chi connectivity index (χ0n) is 10.0. The number of hydrogen-bond acceptors (Lipinski definition) is 3. The number of aromatic nitrogens is 1. The summed E-state index contributed by atoms with van der Waals surface area (Å²) < 4.78 is 12.6. The fraction of sp³-hybridized carbons (Fsp3) is 0.417. The van der Waals surface area contributed by atoms with Crippen molar-refractivity contribution in [2.45, 2.75) is 32.2 Å². The maximum absolute atomic E-state index is 12.6. The Morgan fingerprint density at radius 1 is 1.50 bits per heavy atom. The molecule has 0 spiro atoms. The van der Waals surface area contributed by atoms with Crippen molar-refractivity contribution >= 4 is 11.9 Å². The van der Waals surface area contributed by atoms with E-state index in [1.807, 2.05) is 0 Å². The summed E-state index contributed by atoms with van der Waals surface area (Å²) in [4.78, 5) is 25.6. The molecule has 0 fully saturated rings. The third-order valence-corrected chi connectivity index (χ3v) is 2.37. The molecule has 0 aliphatic carbocycles. The lowest BCUT2D eigenvalue weighted by Crippen LogP contribution is -2.33. The van der Waals surface area contributed by atoms with E-state index in [0.29, 0.717) is 12.8 Å². The van der Waals surface area contributed by atoms with Crippen LogP contribution in [0.1, 0.15) is 36.7 Å². The van der Waals surface area contributed by atoms with E-state index in [4.69, 9.17) is 5.11 Å². The molecule has 98 valence electrons. The number of carboxylic acid groups (broad SMARTS) is 1. The van der Waals surface area contributed by atoms with Crippen LogP contribution in [0.4, 0.5) is 4.39 Å². The van der Waals surface area contributed by atoms with Crippen LogP contribution in [0, 0.1) is 5.82 Å². The second kappa shape index (κ2) is 6.68. The molecule has 18 heavy (non-hydrogen) atoms. The van der Waals surface area contributed by atoms with E-state index in [1.165, 1.54) is 6.07 Å². The monoisotopic (exact) mass is 254 g/mol. The Kier molecular flexibility index (Phi) is 5.23. The number of amides is 1. The molecule has 1 aromatic rings. The first-order valence-electron chi connectivity index (χ1n) is 5.63. The van der Waals surface area contributed by atoms with E-state index < -0.39 is 17.7 Å². The van der Waals surface area contributed by atoms with Crippen molar-refractivity contribution in [1.29, 1.82) is 0 Å². The van der Waals surface area contributed by atoms with Crippen LogP contribution in [-0.4, -0.2) is 28.0 Å². The van der Waals surface area contributed by atoms with Crippen molar-refractivity contribution in [3.8, 4) is 0 Å². The Balaban J connectivity index is 2.39. The Morgan fingerprint density at radius 3 is 2.78 bits per heavy atom. The van der Waals surface area contributed by atoms with Crippen molar-refractivity contribution < 1.29 is 19.1 Å². The number of aliphatic carboxylic acids is 1. The predicted molar refractivity (Wildman–Crippen MR) is 62.6 cm³/mol. The van der Waals surface area contributed by atoms with Gasteiger partial charge in [-0.15, -0.1) is 0 Å². The molecule has 1 rings (SSSR count). The lowest BCUT2D eigenvalue weighted by Gasteiger charge is -2.12. The van der Waals surface area contributed by atoms with Gasteiger partial charge in [0.15, 0.2) is 0 Å². The molecule has 0 bridgehead atoms. The van der Waals surface area contributed by atoms with Crippen LogP contribution >= 0.6 is 0 Å². The van der Waals surface area contributed by atoms with Crippen molar-refractivity contribution in [3.05, 3.63) is 29.8 Å². The normalized spacial score (nSPS) is 11.9. The molecule has 0 saturated carbocycles. The van der Waals surface area contributed by atoms with Gasteiger partial charge in [-0.3, -0.25) is 9.59 Å². The molecule has 0 aromatic carbocycles. The van der Waals surface area contributed by atoms with Gasteiger partial charge in [-0.2, -0.15) is 0 Å². The van der Waals surface area contributed by atoms with Crippen molar-refractivity contribution in [1.82, 2.24) is 10.3 Å². The second-order valence-electron chi connectivity index (χ2n) is 4.02. The Bertz CT molecular complexity index is 420. The molecule has 0 aliphatic rings. The minimum atomic E-state index is -0.853. The molecule has 2 N–H and O–H groups in total. The molecule has 5 nitrogen and oxygen atoms in total. The summed E-state index contributed by atoms with van der Waals surface area (Å²) in [5.74, 6) is -1.74. The number of halogens is 1. The number of carbonyl (C=O) groups excluding carboxylic acids is 1. The summed E-state index contributed by atoms with van der Waals surface area (Å²) in [5.41, 5.74) is 0.140. The molecule has 6 heteroatoms. The van der Waals surface area contributed by atoms with Gasteiger partial charge in [0.05, 0.1) is 6.20 Å². The van der Waals surface area contributed by atoms with Gasteiger partial charge in [-0.1, -0.05) is 0 Å². The summed E-state index contributed by atoms with van der Waals surface area (Å²) in [5, 5.41) is 11.2. The number of nitrogens with zero attached hydrogens (tertiary/aromatic N) is 1. The number of rotatable bonds is 6. The van der Waals surface area contributed by atoms with Crippen molar-refractivity contribution in [2.75, 3.05) is 0 Å². The van der Waals surface area contributed by atoms with Crippen LogP contribution in [0.15, 0.2) is 18.3 Å². The molecule has 1 aromatic heterocycles. The van der Waals surface area contributed by atoms with E-state index in [9.17, 15) is 14.0 Å². The lowest BCUT2D eigenvalue weighted by molar-refractivity contribution is -0.137. The smallest absolute Gasteiger partial charge is 0.303 e. The van der Waals surface area contributed by atoms with Crippen molar-refractivity contribution in [3.63, 3.8) is 0 Å². The molecule has 1 atom stereocenters. The summed E-state index contributed by atoms with van der Waals surface area (Å²) in [6.07, 6.45) is 2.12. The third-order valence-electron chi connectivity index (χ3n) is 2.37. The fourth-order valence-corrected chi connectivity index (χ4v) is 1.44. The lowest BCUT2D eigenvalue weighted by atomic mass is 10.1. The number of pyridine rings is 1. The van der Waals surface area contributed by atoms with Gasteiger partial charge >= 0.3 is 5.97 Å². The topological polar surface area (TPSA) is 79.3 Å². The van der Waals surface area contributed by atoms with Gasteiger partial charge in [-0.05, 0) is 31.9 Å². The SMILES string of the molecule is CC(CCCC(=O)O)NC(=O)c1ccc(F)cn1. The van der Waals surface area contributed by atoms with E-state index in [0.717, 1.165) is 12.3 Å². The second-order valence-corrected chi connectivity index (χ2v) is 4.02. The van der Waals surface area contributed by atoms with Gasteiger partial charge in [0.2, 0.25) is 0 Å². The highest BCUT2D eigenvalue weighted by molar-refractivity contribution is 5.92. The van der Waals surface area contributed by atoms with Gasteiger partial charge in [0, 0.05) is 12.5 Å². The van der Waals surface area contributed by atoms with Gasteiger partial charge < -0.3 is 10.4 Å². The highest BCUT2D eigenvalue weighted by Gasteiger charge is 2.11. The van der Waals surface area contributed by atoms with Gasteiger partial charge in [0.25, 0.3) is 5.91 Å². The Hall–Kier alpha value is -1.98. The average molecular weight is 254 g/mol. The molecular formula is C12H15FN2O3. The van der Waals surface area contributed by atoms with Crippen LogP contribution in [0.3, 0.4) is 0 Å². The van der Waals surface area contributed by atoms with Crippen LogP contribution < -0.4 is 5.32 Å². The molecule has 1 unspecified atom stereocenters. The molecule has 1 amide bonds. The minimum absolute atomic E-state index is 0.0784. The van der Waals surface area contributed by atoms with E-state index in [2.05, 4.69) is 10.3 Å². The molecular weight excluding hydrogens is 239 g/mol. The summed E-state index contributed by atoms with van der Waals surface area (Å²) >= 11 is 0. The quantitative estimate of drug-likeness (QED) is 0.808. The van der Waals surface area contributed by atoms with Crippen molar-refractivity contribution in [2.24, 2.45) is 0 Å². The summed E-state index contributed by atoms with van der Waals surface area (Å²) in [6.45, 7) is 1.78. The number of nitrogens with one attached hydrogen (secondary N) is 1. The first-order valence-corrected chi connectivity index (χ1v) is 5.63. The van der Waals surface area contributed by atoms with E-state index >= 15 is 0 Å². The van der Waals surface area contributed by atoms with Gasteiger partial charge in [0.1, 0.15) is 11.5 Å². The highest BCUT2D eigenvalue weighted by atomic mass is 19.1. The Labute approximate surface area is 104 Å². The first kappa shape index (κ1) is 14.1. The molecule has 0 radical (unpaired) electrons. The summed E-state index contributed by atoms with van der Waals surface area (Å²) in [6, 6.07) is 2.31. The number of hydrogen-bond donors (Lipinski definition) is 2. The summed E-state index contributed by atoms with van der Waals surface area (Å²) in [7, 11) is 0. The predicted octanol–water partition coefficient (Wildman–Crippen LogP) is 1.59. The van der Waals surface area contributed by atoms with Crippen LogP contribution in [0.25, 0.3) is 0 Å². The highest BCUT2D eigenvalue weighted by Crippen LogP contribution is 2.03. The maximum Gasteiger partial charge on any atom is 0.303 e. The third kappa shape index (κ3) is 4.90. The van der Waals surface area contributed by atoms with Crippen LogP contribution in [0.2, 0.25) is 0 Å². The number of carbonyl (C=O) groups is 2. The largest absolute Gasteiger partial charge is 0.481 e. The maximum atomic E-state index is 12.6. The first-order chi connectivity index (χ1) is 8.49. The molecule has 0 saturated heterocycles. The molecule has 0 aliphatic heterocycles.